The summed E-state index contributed by atoms with van der Waals surface area (Å²) in [4.78, 5) is 15.7. The van der Waals surface area contributed by atoms with E-state index >= 15 is 0 Å². The van der Waals surface area contributed by atoms with Crippen molar-refractivity contribution in [3.8, 4) is 0 Å². The van der Waals surface area contributed by atoms with E-state index in [1.165, 1.54) is 0 Å². The van der Waals surface area contributed by atoms with Crippen molar-refractivity contribution in [1.82, 2.24) is 0 Å². The van der Waals surface area contributed by atoms with E-state index in [-0.39, 0.29) is 5.78 Å². The molecule has 116 valence electrons. The number of benzene rings is 3. The number of rotatable bonds is 1. The molecular weight excluding hydrogens is 318 g/mol. The van der Waals surface area contributed by atoms with Gasteiger partial charge in [0.25, 0.3) is 0 Å². The van der Waals surface area contributed by atoms with Crippen LogP contribution in [0.3, 0.4) is 0 Å². The van der Waals surface area contributed by atoms with Crippen LogP contribution < -0.4 is 4.90 Å². The van der Waals surface area contributed by atoms with Crippen molar-refractivity contribution in [3.63, 3.8) is 0 Å². The summed E-state index contributed by atoms with van der Waals surface area (Å²) in [6.45, 7) is 0. The fraction of sp³-hybridized carbons (Fsp3) is 0.0952. The van der Waals surface area contributed by atoms with Gasteiger partial charge < -0.3 is 4.90 Å². The second kappa shape index (κ2) is 4.71. The molecule has 0 aliphatic carbocycles. The average Bonchev–Trinajstić information content (AvgIpc) is 3.08. The van der Waals surface area contributed by atoms with Gasteiger partial charge in [0.2, 0.25) is 0 Å². The van der Waals surface area contributed by atoms with E-state index in [2.05, 4.69) is 4.90 Å². The highest BCUT2D eigenvalue weighted by atomic mass is 35.5. The maximum atomic E-state index is 13.5. The fourth-order valence-electron chi connectivity index (χ4n) is 4.13. The van der Waals surface area contributed by atoms with Crippen LogP contribution in [0.1, 0.15) is 21.5 Å². The molecule has 2 aliphatic heterocycles. The van der Waals surface area contributed by atoms with Gasteiger partial charge in [-0.15, -0.1) is 0 Å². The largest absolute Gasteiger partial charge is 0.322 e. The molecule has 0 bridgehead atoms. The van der Waals surface area contributed by atoms with Crippen molar-refractivity contribution in [1.29, 1.82) is 0 Å². The van der Waals surface area contributed by atoms with Gasteiger partial charge in [0.1, 0.15) is 5.54 Å². The predicted octanol–water partition coefficient (Wildman–Crippen LogP) is 5.13. The molecule has 5 rings (SSSR count). The number of fused-ring (bicyclic) bond motifs is 5. The van der Waals surface area contributed by atoms with Crippen LogP contribution in [-0.4, -0.2) is 5.78 Å². The highest BCUT2D eigenvalue weighted by Gasteiger charge is 2.56. The summed E-state index contributed by atoms with van der Waals surface area (Å²) in [5.41, 5.74) is 4.27. The summed E-state index contributed by atoms with van der Waals surface area (Å²) in [5.74, 6) is 0.164. The highest BCUT2D eigenvalue weighted by Crippen LogP contribution is 2.56. The lowest BCUT2D eigenvalue weighted by Gasteiger charge is -2.33. The third kappa shape index (κ3) is 1.59. The third-order valence-electron chi connectivity index (χ3n) is 5.13. The Morgan fingerprint density at radius 1 is 0.875 bits per heavy atom. The number of carbonyl (C=O) groups excluding carboxylic acids is 1. The van der Waals surface area contributed by atoms with Gasteiger partial charge >= 0.3 is 0 Å². The van der Waals surface area contributed by atoms with Gasteiger partial charge in [-0.25, -0.2) is 0 Å². The molecule has 0 aromatic heterocycles. The van der Waals surface area contributed by atoms with Crippen molar-refractivity contribution in [2.24, 2.45) is 0 Å². The molecule has 1 atom stereocenters. The summed E-state index contributed by atoms with van der Waals surface area (Å²) in [7, 11) is 0. The first-order chi connectivity index (χ1) is 11.7. The minimum absolute atomic E-state index is 0.164. The molecule has 24 heavy (non-hydrogen) atoms. The zero-order valence-corrected chi connectivity index (χ0v) is 13.6. The molecule has 0 N–H and O–H groups in total. The number of ketones is 1. The van der Waals surface area contributed by atoms with Crippen LogP contribution in [0.25, 0.3) is 0 Å². The molecule has 2 aliphatic rings. The first kappa shape index (κ1) is 13.8. The van der Waals surface area contributed by atoms with Crippen LogP contribution in [-0.2, 0) is 12.0 Å². The summed E-state index contributed by atoms with van der Waals surface area (Å²) in [6, 6.07) is 23.8. The number of hydrogen-bond donors (Lipinski definition) is 0. The molecule has 0 fully saturated rings. The van der Waals surface area contributed by atoms with Crippen molar-refractivity contribution in [2.45, 2.75) is 12.0 Å². The SMILES string of the molecule is O=C1c2ccccc2N2c3cc(Cl)ccc3CC12c1ccccc1. The molecule has 0 saturated carbocycles. The predicted molar refractivity (Wildman–Crippen MR) is 96.2 cm³/mol. The molecular formula is C21H14ClNO. The van der Waals surface area contributed by atoms with E-state index < -0.39 is 5.54 Å². The second-order valence-electron chi connectivity index (χ2n) is 6.36. The molecule has 3 aromatic carbocycles. The molecule has 2 heterocycles. The monoisotopic (exact) mass is 331 g/mol. The molecule has 0 spiro atoms. The topological polar surface area (TPSA) is 20.3 Å². The Hall–Kier alpha value is -2.58. The molecule has 3 aromatic rings. The maximum absolute atomic E-state index is 13.5. The Labute approximate surface area is 145 Å². The normalized spacial score (nSPS) is 20.7. The second-order valence-corrected chi connectivity index (χ2v) is 6.79. The lowest BCUT2D eigenvalue weighted by Crippen LogP contribution is -2.43. The summed E-state index contributed by atoms with van der Waals surface area (Å²) in [6.07, 6.45) is 0.664. The van der Waals surface area contributed by atoms with Crippen molar-refractivity contribution in [2.75, 3.05) is 4.90 Å². The number of carbonyl (C=O) groups is 1. The van der Waals surface area contributed by atoms with Crippen LogP contribution in [0.5, 0.6) is 0 Å². The number of Topliss-reactive ketones (excluding diaryl/α,β-unsaturated/α-hetero) is 1. The number of anilines is 2. The Bertz CT molecular complexity index is 982. The van der Waals surface area contributed by atoms with Gasteiger partial charge in [-0.2, -0.15) is 0 Å². The molecule has 0 radical (unpaired) electrons. The van der Waals surface area contributed by atoms with E-state index in [9.17, 15) is 4.79 Å². The van der Waals surface area contributed by atoms with Crippen LogP contribution in [0, 0.1) is 0 Å². The standard InChI is InChI=1S/C21H14ClNO/c22-16-11-10-14-13-21(15-6-2-1-3-7-15)20(24)17-8-4-5-9-18(17)23(21)19(14)12-16/h1-12H,13H2. The molecule has 0 amide bonds. The van der Waals surface area contributed by atoms with Crippen LogP contribution >= 0.6 is 11.6 Å². The van der Waals surface area contributed by atoms with Crippen molar-refractivity contribution < 1.29 is 4.79 Å². The first-order valence-corrected chi connectivity index (χ1v) is 8.38. The Morgan fingerprint density at radius 2 is 1.62 bits per heavy atom. The highest BCUT2D eigenvalue weighted by molar-refractivity contribution is 6.31. The molecule has 0 saturated heterocycles. The average molecular weight is 332 g/mol. The minimum Gasteiger partial charge on any atom is -0.322 e. The number of hydrogen-bond acceptors (Lipinski definition) is 2. The maximum Gasteiger partial charge on any atom is 0.195 e. The van der Waals surface area contributed by atoms with Gasteiger partial charge in [0, 0.05) is 22.7 Å². The number of nitrogens with zero attached hydrogens (tertiary/aromatic N) is 1. The number of halogens is 1. The zero-order chi connectivity index (χ0) is 16.3. The number of para-hydroxylation sites is 1. The Morgan fingerprint density at radius 3 is 2.46 bits per heavy atom. The summed E-state index contributed by atoms with van der Waals surface area (Å²) < 4.78 is 0. The van der Waals surface area contributed by atoms with E-state index in [1.807, 2.05) is 72.8 Å². The molecule has 2 nitrogen and oxygen atoms in total. The lowest BCUT2D eigenvalue weighted by molar-refractivity contribution is 0.0909. The third-order valence-corrected chi connectivity index (χ3v) is 5.37. The van der Waals surface area contributed by atoms with Gasteiger partial charge in [-0.1, -0.05) is 60.1 Å². The summed E-state index contributed by atoms with van der Waals surface area (Å²) >= 11 is 6.26. The lowest BCUT2D eigenvalue weighted by atomic mass is 9.82. The van der Waals surface area contributed by atoms with E-state index in [0.717, 1.165) is 28.1 Å². The first-order valence-electron chi connectivity index (χ1n) is 8.00. The van der Waals surface area contributed by atoms with E-state index in [4.69, 9.17) is 11.6 Å². The molecule has 1 unspecified atom stereocenters. The van der Waals surface area contributed by atoms with Gasteiger partial charge in [0.15, 0.2) is 5.78 Å². The summed E-state index contributed by atoms with van der Waals surface area (Å²) in [5, 5.41) is 0.689. The fourth-order valence-corrected chi connectivity index (χ4v) is 4.30. The molecule has 3 heteroatoms. The van der Waals surface area contributed by atoms with Crippen molar-refractivity contribution in [3.05, 3.63) is 94.5 Å². The van der Waals surface area contributed by atoms with Gasteiger partial charge in [-0.05, 0) is 35.4 Å². The van der Waals surface area contributed by atoms with E-state index in [1.54, 1.807) is 0 Å². The Balaban J connectivity index is 1.85. The minimum atomic E-state index is -0.696. The van der Waals surface area contributed by atoms with Crippen LogP contribution in [0.4, 0.5) is 11.4 Å². The van der Waals surface area contributed by atoms with Crippen LogP contribution in [0.2, 0.25) is 5.02 Å². The van der Waals surface area contributed by atoms with Gasteiger partial charge in [0.05, 0.1) is 5.69 Å². The zero-order valence-electron chi connectivity index (χ0n) is 12.9. The van der Waals surface area contributed by atoms with E-state index in [0.29, 0.717) is 11.4 Å². The van der Waals surface area contributed by atoms with Crippen LogP contribution in [0.15, 0.2) is 72.8 Å². The van der Waals surface area contributed by atoms with Crippen molar-refractivity contribution >= 4 is 28.8 Å². The quantitative estimate of drug-likeness (QED) is 0.616. The Kier molecular flexibility index (Phi) is 2.71. The smallest absolute Gasteiger partial charge is 0.195 e. The van der Waals surface area contributed by atoms with Gasteiger partial charge in [-0.3, -0.25) is 4.79 Å².